The van der Waals surface area contributed by atoms with Crippen LogP contribution in [-0.4, -0.2) is 6.04 Å². The molecule has 0 spiro atoms. The van der Waals surface area contributed by atoms with Crippen molar-refractivity contribution >= 4 is 21.6 Å². The van der Waals surface area contributed by atoms with Gasteiger partial charge in [-0.1, -0.05) is 29.8 Å². The summed E-state index contributed by atoms with van der Waals surface area (Å²) < 4.78 is 27.1. The van der Waals surface area contributed by atoms with Gasteiger partial charge in [0.15, 0.2) is 0 Å². The number of benzene rings is 2. The first-order valence-electron chi connectivity index (χ1n) is 6.92. The summed E-state index contributed by atoms with van der Waals surface area (Å²) in [4.78, 5) is 0. The average Bonchev–Trinajstić information content (AvgIpc) is 2.43. The summed E-state index contributed by atoms with van der Waals surface area (Å²) >= 11 is 3.07. The maximum Gasteiger partial charge on any atom is 0.149 e. The third kappa shape index (κ3) is 4.53. The number of nitrogens with one attached hydrogen (secondary N) is 1. The lowest BCUT2D eigenvalue weighted by Gasteiger charge is -2.16. The van der Waals surface area contributed by atoms with Gasteiger partial charge in [0, 0.05) is 12.1 Å². The smallest absolute Gasteiger partial charge is 0.149 e. The number of halogens is 3. The third-order valence-corrected chi connectivity index (χ3v) is 3.97. The highest BCUT2D eigenvalue weighted by molar-refractivity contribution is 9.10. The summed E-state index contributed by atoms with van der Waals surface area (Å²) in [5.74, 6) is -1.16. The van der Waals surface area contributed by atoms with Crippen molar-refractivity contribution in [2.75, 3.05) is 5.32 Å². The quantitative estimate of drug-likeness (QED) is 0.702. The van der Waals surface area contributed by atoms with Gasteiger partial charge in [0.1, 0.15) is 11.6 Å². The van der Waals surface area contributed by atoms with Gasteiger partial charge in [-0.3, -0.25) is 0 Å². The second-order valence-electron chi connectivity index (χ2n) is 5.32. The molecule has 21 heavy (non-hydrogen) atoms. The SMILES string of the molecule is Cc1cccc(CCC(C)Nc2cc(Br)c(F)cc2F)c1. The molecule has 0 bridgehead atoms. The maximum absolute atomic E-state index is 13.7. The van der Waals surface area contributed by atoms with Gasteiger partial charge in [-0.25, -0.2) is 8.78 Å². The summed E-state index contributed by atoms with van der Waals surface area (Å²) in [6.45, 7) is 4.06. The van der Waals surface area contributed by atoms with E-state index >= 15 is 0 Å². The minimum absolute atomic E-state index is 0.0948. The standard InChI is InChI=1S/C17H18BrF2N/c1-11-4-3-5-13(8-11)7-6-12(2)21-17-9-14(18)15(19)10-16(17)20/h3-5,8-10,12,21H,6-7H2,1-2H3. The lowest BCUT2D eigenvalue weighted by molar-refractivity contribution is 0.577. The van der Waals surface area contributed by atoms with Crippen molar-refractivity contribution in [1.82, 2.24) is 0 Å². The van der Waals surface area contributed by atoms with Crippen molar-refractivity contribution in [2.24, 2.45) is 0 Å². The Hall–Kier alpha value is -1.42. The molecule has 0 aromatic heterocycles. The fourth-order valence-electron chi connectivity index (χ4n) is 2.22. The Morgan fingerprint density at radius 2 is 1.90 bits per heavy atom. The molecule has 0 heterocycles. The van der Waals surface area contributed by atoms with E-state index in [4.69, 9.17) is 0 Å². The minimum atomic E-state index is -0.592. The fraction of sp³-hybridized carbons (Fsp3) is 0.294. The van der Waals surface area contributed by atoms with E-state index in [1.165, 1.54) is 17.2 Å². The minimum Gasteiger partial charge on any atom is -0.380 e. The van der Waals surface area contributed by atoms with Gasteiger partial charge in [0.05, 0.1) is 10.2 Å². The van der Waals surface area contributed by atoms with Gasteiger partial charge in [0.25, 0.3) is 0 Å². The summed E-state index contributed by atoms with van der Waals surface area (Å²) in [5, 5.41) is 3.09. The van der Waals surface area contributed by atoms with Crippen LogP contribution in [0.5, 0.6) is 0 Å². The first-order chi connectivity index (χ1) is 9.95. The van der Waals surface area contributed by atoms with Gasteiger partial charge < -0.3 is 5.32 Å². The zero-order chi connectivity index (χ0) is 15.4. The van der Waals surface area contributed by atoms with Crippen LogP contribution >= 0.6 is 15.9 Å². The van der Waals surface area contributed by atoms with Crippen molar-refractivity contribution in [3.8, 4) is 0 Å². The van der Waals surface area contributed by atoms with Crippen LogP contribution in [0.3, 0.4) is 0 Å². The van der Waals surface area contributed by atoms with E-state index < -0.39 is 11.6 Å². The fourth-order valence-corrected chi connectivity index (χ4v) is 2.57. The molecule has 1 atom stereocenters. The van der Waals surface area contributed by atoms with E-state index in [1.807, 2.05) is 13.0 Å². The lowest BCUT2D eigenvalue weighted by atomic mass is 10.0. The van der Waals surface area contributed by atoms with Crippen LogP contribution in [0.15, 0.2) is 40.9 Å². The molecule has 0 aliphatic rings. The van der Waals surface area contributed by atoms with Crippen LogP contribution in [-0.2, 0) is 6.42 Å². The van der Waals surface area contributed by atoms with Gasteiger partial charge >= 0.3 is 0 Å². The van der Waals surface area contributed by atoms with Crippen molar-refractivity contribution in [3.05, 3.63) is 63.6 Å². The summed E-state index contributed by atoms with van der Waals surface area (Å²) in [7, 11) is 0. The molecular weight excluding hydrogens is 336 g/mol. The molecule has 0 saturated heterocycles. The van der Waals surface area contributed by atoms with Crippen molar-refractivity contribution in [3.63, 3.8) is 0 Å². The Labute approximate surface area is 132 Å². The molecule has 1 unspecified atom stereocenters. The van der Waals surface area contributed by atoms with Crippen molar-refractivity contribution < 1.29 is 8.78 Å². The maximum atomic E-state index is 13.7. The van der Waals surface area contributed by atoms with Gasteiger partial charge in [-0.15, -0.1) is 0 Å². The molecule has 1 N–H and O–H groups in total. The van der Waals surface area contributed by atoms with Crippen LogP contribution < -0.4 is 5.32 Å². The number of anilines is 1. The first-order valence-corrected chi connectivity index (χ1v) is 7.71. The number of hydrogen-bond acceptors (Lipinski definition) is 1. The number of hydrogen-bond donors (Lipinski definition) is 1. The molecule has 1 nitrogen and oxygen atoms in total. The van der Waals surface area contributed by atoms with E-state index in [0.29, 0.717) is 5.69 Å². The van der Waals surface area contributed by atoms with E-state index in [1.54, 1.807) is 0 Å². The molecule has 2 aromatic carbocycles. The molecule has 112 valence electrons. The Bertz CT molecular complexity index is 628. The zero-order valence-electron chi connectivity index (χ0n) is 12.1. The van der Waals surface area contributed by atoms with Gasteiger partial charge in [-0.05, 0) is 54.2 Å². The van der Waals surface area contributed by atoms with E-state index in [2.05, 4.69) is 46.4 Å². The predicted octanol–water partition coefficient (Wildman–Crippen LogP) is 5.47. The van der Waals surface area contributed by atoms with Crippen LogP contribution in [0, 0.1) is 18.6 Å². The monoisotopic (exact) mass is 353 g/mol. The van der Waals surface area contributed by atoms with E-state index in [0.717, 1.165) is 18.9 Å². The van der Waals surface area contributed by atoms with Crippen LogP contribution in [0.2, 0.25) is 0 Å². The highest BCUT2D eigenvalue weighted by Crippen LogP contribution is 2.24. The molecule has 0 aliphatic heterocycles. The van der Waals surface area contributed by atoms with Crippen LogP contribution in [0.4, 0.5) is 14.5 Å². The normalized spacial score (nSPS) is 12.2. The molecule has 0 radical (unpaired) electrons. The molecule has 0 aliphatic carbocycles. The van der Waals surface area contributed by atoms with Crippen LogP contribution in [0.25, 0.3) is 0 Å². The molecule has 2 aromatic rings. The Morgan fingerprint density at radius 1 is 1.14 bits per heavy atom. The van der Waals surface area contributed by atoms with Crippen LogP contribution in [0.1, 0.15) is 24.5 Å². The van der Waals surface area contributed by atoms with E-state index in [9.17, 15) is 8.78 Å². The molecule has 0 saturated carbocycles. The summed E-state index contributed by atoms with van der Waals surface area (Å²) in [5.41, 5.74) is 2.83. The Kier molecular flexibility index (Phi) is 5.34. The van der Waals surface area contributed by atoms with E-state index in [-0.39, 0.29) is 10.5 Å². The summed E-state index contributed by atoms with van der Waals surface area (Å²) in [6.07, 6.45) is 1.79. The molecule has 0 amide bonds. The van der Waals surface area contributed by atoms with Crippen molar-refractivity contribution in [1.29, 1.82) is 0 Å². The summed E-state index contributed by atoms with van der Waals surface area (Å²) in [6, 6.07) is 10.8. The number of rotatable bonds is 5. The molecule has 4 heteroatoms. The third-order valence-electron chi connectivity index (χ3n) is 3.36. The topological polar surface area (TPSA) is 12.0 Å². The van der Waals surface area contributed by atoms with Gasteiger partial charge in [-0.2, -0.15) is 0 Å². The second-order valence-corrected chi connectivity index (χ2v) is 6.17. The Morgan fingerprint density at radius 3 is 2.62 bits per heavy atom. The zero-order valence-corrected chi connectivity index (χ0v) is 13.7. The highest BCUT2D eigenvalue weighted by atomic mass is 79.9. The lowest BCUT2D eigenvalue weighted by Crippen LogP contribution is -2.17. The van der Waals surface area contributed by atoms with Crippen molar-refractivity contribution in [2.45, 2.75) is 32.7 Å². The average molecular weight is 354 g/mol. The number of aryl methyl sites for hydroxylation is 2. The molecule has 0 fully saturated rings. The largest absolute Gasteiger partial charge is 0.380 e. The molecule has 2 rings (SSSR count). The predicted molar refractivity (Wildman–Crippen MR) is 86.6 cm³/mol. The molecular formula is C17H18BrF2N. The highest BCUT2D eigenvalue weighted by Gasteiger charge is 2.10. The second kappa shape index (κ2) is 7.03. The van der Waals surface area contributed by atoms with Gasteiger partial charge in [0.2, 0.25) is 0 Å². The first kappa shape index (κ1) is 16.0. The Balaban J connectivity index is 1.96.